The molecule has 15 heteroatoms. The van der Waals surface area contributed by atoms with E-state index in [2.05, 4.69) is 36.6 Å². The summed E-state index contributed by atoms with van der Waals surface area (Å²) in [4.78, 5) is 48.2. The second kappa shape index (κ2) is 15.8. The Balaban J connectivity index is 0.00000576. The maximum atomic E-state index is 14.7. The summed E-state index contributed by atoms with van der Waals surface area (Å²) in [5.41, 5.74) is 0.0488. The molecule has 2 heterocycles. The minimum Gasteiger partial charge on any atom is -0.496 e. The second-order valence-corrected chi connectivity index (χ2v) is 12.1. The average molecular weight is 683 g/mol. The fraction of sp³-hybridized carbons (Fsp3) is 0.452. The van der Waals surface area contributed by atoms with Crippen LogP contribution in [0.4, 0.5) is 20.3 Å². The standard InChI is InChI=1S/C31H38ClF2N7O4.ClH/c1-16(35-4)28(42)40-26(30(44)41-29(43)17-7-6-10-36-14-17)31(2,3)13-18-11-19-22(12-23(18)45-5)37-15-38-27(19)39-21-9-8-20(33)24(32)25(21)34;/h8-9,11-12,15-17,26,35-36H,6-7,10,13-14H2,1-5H3,(H,40,42)(H,37,38,39)(H,41,43,44);1H/t16-,17-,26+;/m0./s1. The van der Waals surface area contributed by atoms with Crippen molar-refractivity contribution < 1.29 is 27.9 Å². The quantitative estimate of drug-likeness (QED) is 0.189. The van der Waals surface area contributed by atoms with Gasteiger partial charge in [0.1, 0.15) is 34.8 Å². The van der Waals surface area contributed by atoms with Crippen LogP contribution in [0.2, 0.25) is 5.02 Å². The lowest BCUT2D eigenvalue weighted by molar-refractivity contribution is -0.138. The van der Waals surface area contributed by atoms with Crippen LogP contribution in [-0.4, -0.2) is 67.0 Å². The number of anilines is 2. The Bertz CT molecular complexity index is 1590. The van der Waals surface area contributed by atoms with Crippen LogP contribution in [0.25, 0.3) is 10.9 Å². The van der Waals surface area contributed by atoms with E-state index in [-0.39, 0.29) is 36.3 Å². The van der Waals surface area contributed by atoms with Crippen molar-refractivity contribution in [3.05, 3.63) is 52.8 Å². The first-order valence-electron chi connectivity index (χ1n) is 14.6. The lowest BCUT2D eigenvalue weighted by atomic mass is 9.77. The fourth-order valence-electron chi connectivity index (χ4n) is 5.28. The van der Waals surface area contributed by atoms with Gasteiger partial charge in [0, 0.05) is 18.0 Å². The van der Waals surface area contributed by atoms with E-state index in [0.29, 0.717) is 35.2 Å². The molecule has 1 aliphatic rings. The molecule has 0 saturated carbocycles. The Morgan fingerprint density at radius 3 is 2.57 bits per heavy atom. The number of benzene rings is 2. The van der Waals surface area contributed by atoms with Crippen molar-refractivity contribution in [2.24, 2.45) is 11.3 Å². The van der Waals surface area contributed by atoms with Crippen molar-refractivity contribution >= 4 is 64.1 Å². The SMILES string of the molecule is CN[C@@H](C)C(=O)N[C@H](C(=O)NC(=O)[C@H]1CCCNC1)C(C)(C)Cc1cc2c(Nc3ccc(F)c(Cl)c3F)ncnc2cc1OC.Cl. The predicted octanol–water partition coefficient (Wildman–Crippen LogP) is 4.04. The highest BCUT2D eigenvalue weighted by Gasteiger charge is 2.39. The van der Waals surface area contributed by atoms with Crippen molar-refractivity contribution in [1.82, 2.24) is 31.2 Å². The van der Waals surface area contributed by atoms with E-state index in [1.807, 2.05) is 0 Å². The van der Waals surface area contributed by atoms with Crippen LogP contribution in [0.15, 0.2) is 30.6 Å². The van der Waals surface area contributed by atoms with E-state index in [0.717, 1.165) is 19.0 Å². The number of methoxy groups -OCH3 is 1. The number of imide groups is 1. The first kappa shape index (κ1) is 36.8. The van der Waals surface area contributed by atoms with E-state index in [1.165, 1.54) is 19.5 Å². The number of nitrogens with one attached hydrogen (secondary N) is 5. The Morgan fingerprint density at radius 2 is 1.91 bits per heavy atom. The molecule has 4 rings (SSSR count). The topological polar surface area (TPSA) is 146 Å². The molecule has 0 radical (unpaired) electrons. The van der Waals surface area contributed by atoms with Crippen LogP contribution >= 0.6 is 24.0 Å². The van der Waals surface area contributed by atoms with Crippen molar-refractivity contribution in [1.29, 1.82) is 0 Å². The molecule has 1 aliphatic heterocycles. The zero-order valence-electron chi connectivity index (χ0n) is 26.2. The van der Waals surface area contributed by atoms with E-state index in [9.17, 15) is 23.2 Å². The van der Waals surface area contributed by atoms with Gasteiger partial charge >= 0.3 is 0 Å². The van der Waals surface area contributed by atoms with Gasteiger partial charge in [-0.3, -0.25) is 19.7 Å². The molecule has 5 N–H and O–H groups in total. The minimum atomic E-state index is -1.11. The number of piperidine rings is 1. The molecular formula is C31H39Cl2F2N7O4. The molecule has 250 valence electrons. The second-order valence-electron chi connectivity index (χ2n) is 11.8. The van der Waals surface area contributed by atoms with Crippen LogP contribution in [0.5, 0.6) is 5.75 Å². The number of rotatable bonds is 11. The third kappa shape index (κ3) is 8.38. The van der Waals surface area contributed by atoms with Gasteiger partial charge in [0.05, 0.1) is 30.3 Å². The lowest BCUT2D eigenvalue weighted by Gasteiger charge is -2.35. The maximum absolute atomic E-state index is 14.7. The molecule has 0 bridgehead atoms. The number of amides is 3. The van der Waals surface area contributed by atoms with Gasteiger partial charge in [-0.05, 0) is 69.0 Å². The number of hydrogen-bond acceptors (Lipinski definition) is 9. The molecule has 1 fully saturated rings. The molecule has 1 saturated heterocycles. The van der Waals surface area contributed by atoms with Crippen molar-refractivity contribution in [2.75, 3.05) is 32.6 Å². The average Bonchev–Trinajstić information content (AvgIpc) is 3.03. The van der Waals surface area contributed by atoms with Crippen molar-refractivity contribution in [3.8, 4) is 5.75 Å². The highest BCUT2D eigenvalue weighted by atomic mass is 35.5. The summed E-state index contributed by atoms with van der Waals surface area (Å²) in [5.74, 6) is -2.98. The van der Waals surface area contributed by atoms with E-state index in [1.54, 1.807) is 40.0 Å². The molecule has 3 amide bonds. The number of carbonyl (C=O) groups is 3. The fourth-order valence-corrected chi connectivity index (χ4v) is 5.45. The van der Waals surface area contributed by atoms with E-state index >= 15 is 0 Å². The summed E-state index contributed by atoms with van der Waals surface area (Å²) in [6, 6.07) is 3.96. The smallest absolute Gasteiger partial charge is 0.249 e. The molecule has 1 aromatic heterocycles. The van der Waals surface area contributed by atoms with Gasteiger partial charge in [-0.2, -0.15) is 0 Å². The molecule has 0 unspecified atom stereocenters. The lowest BCUT2D eigenvalue weighted by Crippen LogP contribution is -2.59. The molecule has 0 aliphatic carbocycles. The predicted molar refractivity (Wildman–Crippen MR) is 175 cm³/mol. The number of aromatic nitrogens is 2. The van der Waals surface area contributed by atoms with Gasteiger partial charge < -0.3 is 26.0 Å². The van der Waals surface area contributed by atoms with Crippen LogP contribution in [-0.2, 0) is 20.8 Å². The first-order chi connectivity index (χ1) is 21.4. The summed E-state index contributed by atoms with van der Waals surface area (Å²) in [7, 11) is 3.12. The van der Waals surface area contributed by atoms with Crippen LogP contribution < -0.4 is 31.3 Å². The number of ether oxygens (including phenoxy) is 1. The molecule has 3 atom stereocenters. The number of nitrogens with zero attached hydrogens (tertiary/aromatic N) is 2. The Hall–Kier alpha value is -3.65. The van der Waals surface area contributed by atoms with E-state index < -0.39 is 51.9 Å². The number of fused-ring (bicyclic) bond motifs is 1. The zero-order chi connectivity index (χ0) is 32.9. The van der Waals surface area contributed by atoms with Crippen LogP contribution in [0.1, 0.15) is 39.2 Å². The summed E-state index contributed by atoms with van der Waals surface area (Å²) in [5, 5.41) is 14.1. The largest absolute Gasteiger partial charge is 0.496 e. The minimum absolute atomic E-state index is 0. The number of likely N-dealkylation sites (N-methyl/N-ethyl adjacent to an activating group) is 1. The van der Waals surface area contributed by atoms with Gasteiger partial charge in [-0.25, -0.2) is 18.7 Å². The third-order valence-electron chi connectivity index (χ3n) is 8.04. The van der Waals surface area contributed by atoms with Gasteiger partial charge in [0.15, 0.2) is 5.82 Å². The van der Waals surface area contributed by atoms with Gasteiger partial charge in [0.25, 0.3) is 0 Å². The molecule has 46 heavy (non-hydrogen) atoms. The summed E-state index contributed by atoms with van der Waals surface area (Å²) < 4.78 is 34.2. The Morgan fingerprint density at radius 1 is 1.17 bits per heavy atom. The summed E-state index contributed by atoms with van der Waals surface area (Å²) in [6.07, 6.45) is 2.96. The Labute approximate surface area is 277 Å². The molecular weight excluding hydrogens is 643 g/mol. The van der Waals surface area contributed by atoms with Gasteiger partial charge in [-0.1, -0.05) is 25.4 Å². The monoisotopic (exact) mass is 681 g/mol. The van der Waals surface area contributed by atoms with Gasteiger partial charge in [-0.15, -0.1) is 12.4 Å². The van der Waals surface area contributed by atoms with Crippen LogP contribution in [0, 0.1) is 23.0 Å². The molecule has 0 spiro atoms. The molecule has 2 aromatic carbocycles. The summed E-state index contributed by atoms with van der Waals surface area (Å²) in [6.45, 7) is 6.54. The van der Waals surface area contributed by atoms with Crippen molar-refractivity contribution in [3.63, 3.8) is 0 Å². The number of hydrogen-bond donors (Lipinski definition) is 5. The Kier molecular flexibility index (Phi) is 12.6. The summed E-state index contributed by atoms with van der Waals surface area (Å²) >= 11 is 5.77. The number of carbonyl (C=O) groups excluding carboxylic acids is 3. The molecule has 11 nitrogen and oxygen atoms in total. The highest BCUT2D eigenvalue weighted by molar-refractivity contribution is 6.31. The van der Waals surface area contributed by atoms with Gasteiger partial charge in [0.2, 0.25) is 17.7 Å². The van der Waals surface area contributed by atoms with Crippen molar-refractivity contribution in [2.45, 2.75) is 52.1 Å². The van der Waals surface area contributed by atoms with Crippen LogP contribution in [0.3, 0.4) is 0 Å². The zero-order valence-corrected chi connectivity index (χ0v) is 27.8. The van der Waals surface area contributed by atoms with E-state index in [4.69, 9.17) is 16.3 Å². The first-order valence-corrected chi connectivity index (χ1v) is 15.0. The maximum Gasteiger partial charge on any atom is 0.249 e. The normalized spacial score (nSPS) is 16.1. The molecule has 3 aromatic rings. The third-order valence-corrected chi connectivity index (χ3v) is 8.39. The number of halogens is 4. The highest BCUT2D eigenvalue weighted by Crippen LogP contribution is 2.36.